The molecule has 0 aliphatic heterocycles. The fraction of sp³-hybridized carbons (Fsp3) is 0.867. The van der Waals surface area contributed by atoms with Crippen LogP contribution in [0.15, 0.2) is 0 Å². The van der Waals surface area contributed by atoms with Gasteiger partial charge in [-0.15, -0.1) is 12.4 Å². The molecule has 0 aromatic heterocycles. The van der Waals surface area contributed by atoms with E-state index in [4.69, 9.17) is 5.73 Å². The van der Waals surface area contributed by atoms with E-state index in [1.54, 1.807) is 6.92 Å². The number of hydrogen-bond acceptors (Lipinski definition) is 3. The van der Waals surface area contributed by atoms with E-state index in [9.17, 15) is 9.59 Å². The summed E-state index contributed by atoms with van der Waals surface area (Å²) >= 11 is 0. The van der Waals surface area contributed by atoms with Gasteiger partial charge >= 0.3 is 0 Å². The molecule has 21 heavy (non-hydrogen) atoms. The maximum absolute atomic E-state index is 12.3. The molecule has 2 aliphatic carbocycles. The van der Waals surface area contributed by atoms with Gasteiger partial charge in [0.05, 0.1) is 0 Å². The van der Waals surface area contributed by atoms with Gasteiger partial charge in [-0.2, -0.15) is 0 Å². The van der Waals surface area contributed by atoms with Gasteiger partial charge in [-0.25, -0.2) is 0 Å². The van der Waals surface area contributed by atoms with E-state index in [0.717, 1.165) is 25.7 Å². The second kappa shape index (κ2) is 7.99. The van der Waals surface area contributed by atoms with Gasteiger partial charge in [-0.05, 0) is 51.4 Å². The van der Waals surface area contributed by atoms with Crippen molar-refractivity contribution in [3.63, 3.8) is 0 Å². The summed E-state index contributed by atoms with van der Waals surface area (Å²) in [5, 5.41) is 5.57. The Morgan fingerprint density at radius 2 is 1.81 bits per heavy atom. The van der Waals surface area contributed by atoms with Crippen molar-refractivity contribution in [3.8, 4) is 0 Å². The number of carbonyl (C=O) groups excluding carboxylic acids is 2. The van der Waals surface area contributed by atoms with Crippen molar-refractivity contribution in [3.05, 3.63) is 0 Å². The van der Waals surface area contributed by atoms with Crippen molar-refractivity contribution in [2.24, 2.45) is 23.5 Å². The fourth-order valence-electron chi connectivity index (χ4n) is 3.73. The topological polar surface area (TPSA) is 84.2 Å². The molecule has 6 heteroatoms. The summed E-state index contributed by atoms with van der Waals surface area (Å²) in [6.45, 7) is 4.19. The molecule has 3 unspecified atom stereocenters. The number of likely N-dealkylation sites (N-methyl/N-ethyl adjacent to an activating group) is 1. The van der Waals surface area contributed by atoms with E-state index in [0.29, 0.717) is 18.4 Å². The molecular formula is C15H28ClN3O2. The largest absolute Gasteiger partial charge is 0.355 e. The van der Waals surface area contributed by atoms with Gasteiger partial charge in [0.25, 0.3) is 0 Å². The molecule has 2 fully saturated rings. The number of fused-ring (bicyclic) bond motifs is 2. The number of rotatable bonds is 4. The highest BCUT2D eigenvalue weighted by Gasteiger charge is 2.40. The summed E-state index contributed by atoms with van der Waals surface area (Å²) in [6.07, 6.45) is 5.30. The SMILES string of the molecule is CCNC(=O)C(C)NC(=O)C1CC2CCCC(C1)C2N.Cl. The van der Waals surface area contributed by atoms with Crippen molar-refractivity contribution in [2.45, 2.75) is 58.0 Å². The van der Waals surface area contributed by atoms with E-state index in [1.165, 1.54) is 6.42 Å². The van der Waals surface area contributed by atoms with Crippen LogP contribution in [0.2, 0.25) is 0 Å². The number of nitrogens with one attached hydrogen (secondary N) is 2. The van der Waals surface area contributed by atoms with Crippen LogP contribution in [-0.2, 0) is 9.59 Å². The number of carbonyl (C=O) groups is 2. The van der Waals surface area contributed by atoms with Crippen LogP contribution in [0.1, 0.15) is 46.0 Å². The molecule has 0 radical (unpaired) electrons. The molecule has 2 aliphatic rings. The maximum atomic E-state index is 12.3. The predicted octanol–water partition coefficient (Wildman–Crippen LogP) is 1.20. The van der Waals surface area contributed by atoms with Crippen molar-refractivity contribution in [1.29, 1.82) is 0 Å². The first-order chi connectivity index (χ1) is 9.52. The average molecular weight is 318 g/mol. The predicted molar refractivity (Wildman–Crippen MR) is 85.1 cm³/mol. The second-order valence-electron chi connectivity index (χ2n) is 6.32. The van der Waals surface area contributed by atoms with Crippen LogP contribution in [0, 0.1) is 17.8 Å². The second-order valence-corrected chi connectivity index (χ2v) is 6.32. The van der Waals surface area contributed by atoms with E-state index in [-0.39, 0.29) is 36.2 Å². The molecule has 0 aromatic rings. The molecule has 0 aromatic carbocycles. The molecule has 2 bridgehead atoms. The molecule has 0 saturated heterocycles. The molecule has 4 N–H and O–H groups in total. The van der Waals surface area contributed by atoms with Crippen LogP contribution in [0.5, 0.6) is 0 Å². The van der Waals surface area contributed by atoms with E-state index >= 15 is 0 Å². The lowest BCUT2D eigenvalue weighted by Gasteiger charge is -2.43. The molecule has 2 amide bonds. The van der Waals surface area contributed by atoms with Crippen molar-refractivity contribution < 1.29 is 9.59 Å². The van der Waals surface area contributed by atoms with E-state index in [1.807, 2.05) is 6.92 Å². The first kappa shape index (κ1) is 18.2. The van der Waals surface area contributed by atoms with Crippen LogP contribution in [0.3, 0.4) is 0 Å². The Kier molecular flexibility index (Phi) is 6.94. The lowest BCUT2D eigenvalue weighted by Crippen LogP contribution is -2.51. The molecule has 0 spiro atoms. The minimum Gasteiger partial charge on any atom is -0.355 e. The normalized spacial score (nSPS) is 32.5. The van der Waals surface area contributed by atoms with Gasteiger partial charge in [-0.1, -0.05) is 6.42 Å². The first-order valence-corrected chi connectivity index (χ1v) is 7.86. The Morgan fingerprint density at radius 3 is 2.33 bits per heavy atom. The van der Waals surface area contributed by atoms with Crippen LogP contribution in [-0.4, -0.2) is 30.4 Å². The van der Waals surface area contributed by atoms with Gasteiger partial charge in [0, 0.05) is 18.5 Å². The number of halogens is 1. The van der Waals surface area contributed by atoms with Gasteiger partial charge in [0.2, 0.25) is 11.8 Å². The summed E-state index contributed by atoms with van der Waals surface area (Å²) in [5.74, 6) is 0.902. The highest BCUT2D eigenvalue weighted by atomic mass is 35.5. The minimum absolute atomic E-state index is 0. The molecule has 5 nitrogen and oxygen atoms in total. The standard InChI is InChI=1S/C15H27N3O2.ClH/c1-3-17-14(19)9(2)18-15(20)12-7-10-5-4-6-11(8-12)13(10)16;/h9-13H,3-8,16H2,1-2H3,(H,17,19)(H,18,20);1H. The number of hydrogen-bond donors (Lipinski definition) is 3. The van der Waals surface area contributed by atoms with Crippen LogP contribution < -0.4 is 16.4 Å². The third-order valence-corrected chi connectivity index (χ3v) is 4.89. The Hall–Kier alpha value is -0.810. The lowest BCUT2D eigenvalue weighted by atomic mass is 9.65. The van der Waals surface area contributed by atoms with Crippen molar-refractivity contribution >= 4 is 24.2 Å². The van der Waals surface area contributed by atoms with Crippen LogP contribution in [0.25, 0.3) is 0 Å². The molecule has 2 saturated carbocycles. The maximum Gasteiger partial charge on any atom is 0.242 e. The minimum atomic E-state index is -0.460. The van der Waals surface area contributed by atoms with E-state index in [2.05, 4.69) is 10.6 Å². The first-order valence-electron chi connectivity index (χ1n) is 7.86. The molecular weight excluding hydrogens is 290 g/mol. The molecule has 3 atom stereocenters. The Morgan fingerprint density at radius 1 is 1.24 bits per heavy atom. The van der Waals surface area contributed by atoms with Gasteiger partial charge in [0.1, 0.15) is 6.04 Å². The van der Waals surface area contributed by atoms with Crippen LogP contribution in [0.4, 0.5) is 0 Å². The molecule has 2 rings (SSSR count). The average Bonchev–Trinajstić information content (AvgIpc) is 2.38. The van der Waals surface area contributed by atoms with E-state index < -0.39 is 6.04 Å². The number of nitrogens with two attached hydrogens (primary N) is 1. The smallest absolute Gasteiger partial charge is 0.242 e. The van der Waals surface area contributed by atoms with Gasteiger partial charge in [-0.3, -0.25) is 9.59 Å². The monoisotopic (exact) mass is 317 g/mol. The summed E-state index contributed by atoms with van der Waals surface area (Å²) in [4.78, 5) is 24.0. The Balaban J connectivity index is 0.00000220. The van der Waals surface area contributed by atoms with Crippen molar-refractivity contribution in [1.82, 2.24) is 10.6 Å². The molecule has 0 heterocycles. The quantitative estimate of drug-likeness (QED) is 0.728. The zero-order chi connectivity index (χ0) is 14.7. The summed E-state index contributed by atoms with van der Waals surface area (Å²) in [7, 11) is 0. The highest BCUT2D eigenvalue weighted by Crippen LogP contribution is 2.41. The van der Waals surface area contributed by atoms with Crippen LogP contribution >= 0.6 is 12.4 Å². The highest BCUT2D eigenvalue weighted by molar-refractivity contribution is 5.88. The van der Waals surface area contributed by atoms with Gasteiger partial charge < -0.3 is 16.4 Å². The third-order valence-electron chi connectivity index (χ3n) is 4.89. The summed E-state index contributed by atoms with van der Waals surface area (Å²) in [5.41, 5.74) is 6.24. The lowest BCUT2D eigenvalue weighted by molar-refractivity contribution is -0.132. The zero-order valence-corrected chi connectivity index (χ0v) is 13.7. The Labute approximate surface area is 133 Å². The Bertz CT molecular complexity index is 364. The fourth-order valence-corrected chi connectivity index (χ4v) is 3.73. The zero-order valence-electron chi connectivity index (χ0n) is 12.9. The number of amides is 2. The summed E-state index contributed by atoms with van der Waals surface area (Å²) < 4.78 is 0. The van der Waals surface area contributed by atoms with Gasteiger partial charge in [0.15, 0.2) is 0 Å². The summed E-state index contributed by atoms with van der Waals surface area (Å²) in [6, 6.07) is -0.188. The van der Waals surface area contributed by atoms with Crippen molar-refractivity contribution in [2.75, 3.05) is 6.54 Å². The molecule has 122 valence electrons. The third kappa shape index (κ3) is 4.33.